The molecule has 1 amide bonds. The van der Waals surface area contributed by atoms with Crippen LogP contribution in [0.1, 0.15) is 67.1 Å². The number of likely N-dealkylation sites (tertiary alicyclic amines) is 1. The van der Waals surface area contributed by atoms with Crippen molar-refractivity contribution in [2.75, 3.05) is 20.6 Å². The summed E-state index contributed by atoms with van der Waals surface area (Å²) < 4.78 is 0. The molecule has 3 fully saturated rings. The highest BCUT2D eigenvalue weighted by molar-refractivity contribution is 6.35. The highest BCUT2D eigenvalue weighted by atomic mass is 35.5. The number of hydrogen-bond donors (Lipinski definition) is 4. The largest absolute Gasteiger partial charge is 0.507 e. The minimum atomic E-state index is -2.52. The average molecular weight is 573 g/mol. The van der Waals surface area contributed by atoms with Gasteiger partial charge in [0.25, 0.3) is 0 Å². The molecule has 5 rings (SSSR count). The normalized spacial score (nSPS) is 36.0. The number of primary amides is 1. The second-order valence-electron chi connectivity index (χ2n) is 12.2. The summed E-state index contributed by atoms with van der Waals surface area (Å²) in [6, 6.07) is 0.813. The van der Waals surface area contributed by atoms with Gasteiger partial charge in [0.15, 0.2) is 23.0 Å². The highest BCUT2D eigenvalue weighted by Gasteiger charge is 2.67. The van der Waals surface area contributed by atoms with Crippen LogP contribution in [0.2, 0.25) is 5.02 Å². The number of ketones is 3. The van der Waals surface area contributed by atoms with Crippen molar-refractivity contribution in [1.29, 1.82) is 5.41 Å². The first kappa shape index (κ1) is 28.9. The van der Waals surface area contributed by atoms with Crippen LogP contribution in [0.4, 0.5) is 0 Å². The average Bonchev–Trinajstić information content (AvgIpc) is 3.23. The fraction of sp³-hybridized carbons (Fsp3) is 0.621. The summed E-state index contributed by atoms with van der Waals surface area (Å²) in [6.07, 6.45) is 3.07. The molecule has 0 aromatic heterocycles. The van der Waals surface area contributed by atoms with Gasteiger partial charge in [-0.1, -0.05) is 18.5 Å². The lowest BCUT2D eigenvalue weighted by Gasteiger charge is -2.53. The molecule has 11 heteroatoms. The second-order valence-corrected chi connectivity index (χ2v) is 12.5. The lowest BCUT2D eigenvalue weighted by Crippen LogP contribution is -2.73. The molecule has 8 unspecified atom stereocenters. The Morgan fingerprint density at radius 2 is 1.95 bits per heavy atom. The van der Waals surface area contributed by atoms with Crippen LogP contribution in [0.3, 0.4) is 0 Å². The number of hydrogen-bond acceptors (Lipinski definition) is 9. The molecular weight excluding hydrogens is 536 g/mol. The number of phenolic OH excluding ortho intramolecular Hbond substituents is 1. The summed E-state index contributed by atoms with van der Waals surface area (Å²) in [5, 5.41) is 31.9. The van der Waals surface area contributed by atoms with Crippen molar-refractivity contribution in [3.05, 3.63) is 27.8 Å². The molecule has 40 heavy (non-hydrogen) atoms. The number of nitrogens with zero attached hydrogens (tertiary/aromatic N) is 2. The molecule has 10 nitrogen and oxygen atoms in total. The maximum absolute atomic E-state index is 14.0. The van der Waals surface area contributed by atoms with Crippen molar-refractivity contribution in [3.8, 4) is 5.75 Å². The molecule has 1 aromatic rings. The monoisotopic (exact) mass is 572 g/mol. The van der Waals surface area contributed by atoms with Gasteiger partial charge < -0.3 is 21.4 Å². The molecule has 8 atom stereocenters. The Balaban J connectivity index is 1.60. The Labute approximate surface area is 238 Å². The van der Waals surface area contributed by atoms with Gasteiger partial charge in [-0.05, 0) is 82.8 Å². The Morgan fingerprint density at radius 1 is 1.27 bits per heavy atom. The van der Waals surface area contributed by atoms with Gasteiger partial charge in [-0.15, -0.1) is 0 Å². The first-order valence-electron chi connectivity index (χ1n) is 14.0. The Hall–Kier alpha value is -2.66. The molecule has 1 saturated heterocycles. The fourth-order valence-electron chi connectivity index (χ4n) is 7.97. The molecule has 4 aliphatic rings. The van der Waals surface area contributed by atoms with E-state index in [4.69, 9.17) is 22.7 Å². The van der Waals surface area contributed by atoms with E-state index in [0.717, 1.165) is 31.4 Å². The molecule has 0 bridgehead atoms. The Kier molecular flexibility index (Phi) is 7.22. The molecule has 1 aliphatic heterocycles. The van der Waals surface area contributed by atoms with Crippen molar-refractivity contribution in [2.24, 2.45) is 29.4 Å². The quantitative estimate of drug-likeness (QED) is 0.388. The van der Waals surface area contributed by atoms with Crippen LogP contribution in [0.5, 0.6) is 5.75 Å². The third-order valence-electron chi connectivity index (χ3n) is 9.75. The number of nitrogens with two attached hydrogens (primary N) is 1. The van der Waals surface area contributed by atoms with Crippen molar-refractivity contribution >= 4 is 40.6 Å². The van der Waals surface area contributed by atoms with Gasteiger partial charge in [0.2, 0.25) is 5.91 Å². The van der Waals surface area contributed by atoms with Gasteiger partial charge in [-0.2, -0.15) is 0 Å². The molecule has 2 saturated carbocycles. The van der Waals surface area contributed by atoms with E-state index in [0.29, 0.717) is 16.6 Å². The molecule has 1 aromatic carbocycles. The van der Waals surface area contributed by atoms with Crippen LogP contribution in [0.15, 0.2) is 6.07 Å². The maximum Gasteiger partial charge on any atom is 0.233 e. The zero-order chi connectivity index (χ0) is 29.4. The highest BCUT2D eigenvalue weighted by Crippen LogP contribution is 2.53. The third kappa shape index (κ3) is 3.90. The van der Waals surface area contributed by atoms with E-state index in [9.17, 15) is 29.4 Å². The summed E-state index contributed by atoms with van der Waals surface area (Å²) in [7, 11) is 3.19. The number of aromatic hydroxyl groups is 1. The molecule has 0 radical (unpaired) electrons. The summed E-state index contributed by atoms with van der Waals surface area (Å²) in [6.45, 7) is 5.14. The van der Waals surface area contributed by atoms with Crippen LogP contribution in [-0.4, -0.2) is 87.3 Å². The standard InChI is InChI=1S/C29H37ClN4O6/c1-5-8-34-12(2)6-7-17(34)14-11-18(35)20-15(22(14)30)9-13-10-16-23(33(3)4)25(37)21(28(32)39)26(31)29(16,40)27(38)19(13)24(20)36/h11-13,16-17,19,21,23,31,35,40H,5-10H2,1-4H3,(H2,32,39). The number of amides is 1. The minimum Gasteiger partial charge on any atom is -0.507 e. The number of carbonyl (C=O) groups is 4. The van der Waals surface area contributed by atoms with Gasteiger partial charge in [0, 0.05) is 23.0 Å². The van der Waals surface area contributed by atoms with Gasteiger partial charge in [0.05, 0.1) is 23.2 Å². The first-order valence-corrected chi connectivity index (χ1v) is 14.3. The molecule has 5 N–H and O–H groups in total. The SMILES string of the molecule is CCCN1C(C)CCC1c1cc(O)c2c(c1Cl)CC1CC3C(N(C)C)C(=O)C(C(N)=O)C(=N)C3(O)C(=O)C1C2=O. The summed E-state index contributed by atoms with van der Waals surface area (Å²) in [5.74, 6) is -8.40. The van der Waals surface area contributed by atoms with Crippen LogP contribution in [0, 0.1) is 29.1 Å². The number of fused-ring (bicyclic) bond motifs is 3. The van der Waals surface area contributed by atoms with Crippen LogP contribution >= 0.6 is 11.6 Å². The second kappa shape index (κ2) is 10.0. The summed E-state index contributed by atoms with van der Waals surface area (Å²) >= 11 is 7.00. The van der Waals surface area contributed by atoms with E-state index in [-0.39, 0.29) is 30.2 Å². The fourth-order valence-corrected chi connectivity index (χ4v) is 8.33. The zero-order valence-corrected chi connectivity index (χ0v) is 24.0. The van der Waals surface area contributed by atoms with Crippen molar-refractivity contribution in [3.63, 3.8) is 0 Å². The molecule has 216 valence electrons. The Morgan fingerprint density at radius 3 is 2.55 bits per heavy atom. The number of rotatable bonds is 5. The van der Waals surface area contributed by atoms with Crippen molar-refractivity contribution < 1.29 is 29.4 Å². The Bertz CT molecular complexity index is 1330. The van der Waals surface area contributed by atoms with Crippen LogP contribution in [0.25, 0.3) is 0 Å². The predicted octanol–water partition coefficient (Wildman–Crippen LogP) is 1.91. The molecular formula is C29H37ClN4O6. The van der Waals surface area contributed by atoms with Gasteiger partial charge >= 0.3 is 0 Å². The number of carbonyl (C=O) groups excluding carboxylic acids is 4. The van der Waals surface area contributed by atoms with Crippen molar-refractivity contribution in [1.82, 2.24) is 9.80 Å². The number of likely N-dealkylation sites (N-methyl/N-ethyl adjacent to an activating group) is 1. The lowest BCUT2D eigenvalue weighted by atomic mass is 9.52. The van der Waals surface area contributed by atoms with Gasteiger partial charge in [-0.3, -0.25) is 29.0 Å². The summed E-state index contributed by atoms with van der Waals surface area (Å²) in [4.78, 5) is 57.3. The van der Waals surface area contributed by atoms with E-state index in [1.807, 2.05) is 0 Å². The predicted molar refractivity (Wildman–Crippen MR) is 148 cm³/mol. The van der Waals surface area contributed by atoms with E-state index in [1.54, 1.807) is 14.1 Å². The number of benzene rings is 1. The number of aliphatic hydroxyl groups is 1. The smallest absolute Gasteiger partial charge is 0.233 e. The van der Waals surface area contributed by atoms with Crippen molar-refractivity contribution in [2.45, 2.75) is 69.7 Å². The summed E-state index contributed by atoms with van der Waals surface area (Å²) in [5.41, 5.74) is 3.34. The minimum absolute atomic E-state index is 0.00940. The zero-order valence-electron chi connectivity index (χ0n) is 23.2. The number of nitrogens with one attached hydrogen (secondary N) is 1. The molecule has 0 spiro atoms. The molecule has 3 aliphatic carbocycles. The molecule has 1 heterocycles. The topological polar surface area (TPSA) is 165 Å². The van der Waals surface area contributed by atoms with E-state index >= 15 is 0 Å². The van der Waals surface area contributed by atoms with E-state index < -0.39 is 64.3 Å². The van der Waals surface area contributed by atoms with Crippen LogP contribution in [-0.2, 0) is 20.8 Å². The van der Waals surface area contributed by atoms with E-state index in [2.05, 4.69) is 18.7 Å². The third-order valence-corrected chi connectivity index (χ3v) is 10.2. The number of Topliss-reactive ketones (excluding diaryl/α,β-unsaturated/α-hetero) is 3. The number of phenols is 1. The van der Waals surface area contributed by atoms with Gasteiger partial charge in [-0.25, -0.2) is 0 Å². The number of halogens is 1. The maximum atomic E-state index is 14.0. The lowest BCUT2D eigenvalue weighted by molar-refractivity contribution is -0.157. The first-order chi connectivity index (χ1) is 18.8. The van der Waals surface area contributed by atoms with Gasteiger partial charge in [0.1, 0.15) is 11.7 Å². The van der Waals surface area contributed by atoms with E-state index in [1.165, 1.54) is 11.0 Å². The van der Waals surface area contributed by atoms with Crippen LogP contribution < -0.4 is 5.73 Å².